The van der Waals surface area contributed by atoms with Crippen molar-refractivity contribution >= 4 is 5.91 Å². The Labute approximate surface area is 177 Å². The molecule has 1 amide bonds. The molecule has 0 saturated carbocycles. The van der Waals surface area contributed by atoms with Gasteiger partial charge in [-0.15, -0.1) is 0 Å². The number of carbonyl (C=O) groups excluding carboxylic acids is 1. The number of hydrogen-bond acceptors (Lipinski definition) is 4. The van der Waals surface area contributed by atoms with Crippen LogP contribution in [0.2, 0.25) is 0 Å². The van der Waals surface area contributed by atoms with Crippen LogP contribution in [0.4, 0.5) is 0 Å². The number of benzene rings is 1. The van der Waals surface area contributed by atoms with Gasteiger partial charge in [-0.1, -0.05) is 24.3 Å². The molecule has 3 rings (SSSR count). The standard InChI is InChI=1S/C23H30N4O3/c1-5-29-11-12-30-16-20-8-6-7-19(13-20)14-24-22(28)21-15-25-26(4)23(21)27-17(2)9-10-18(27)3/h6-10,13,15H,5,11-12,14,16H2,1-4H3,(H,24,28). The number of hydrogen-bond donors (Lipinski definition) is 1. The maximum Gasteiger partial charge on any atom is 0.256 e. The molecule has 1 N–H and O–H groups in total. The van der Waals surface area contributed by atoms with Crippen molar-refractivity contribution in [3.63, 3.8) is 0 Å². The molecule has 3 aromatic rings. The molecule has 0 radical (unpaired) electrons. The van der Waals surface area contributed by atoms with Crippen LogP contribution in [-0.2, 0) is 29.7 Å². The lowest BCUT2D eigenvalue weighted by Crippen LogP contribution is -2.24. The highest BCUT2D eigenvalue weighted by atomic mass is 16.5. The van der Waals surface area contributed by atoms with Gasteiger partial charge in [0.05, 0.1) is 26.0 Å². The van der Waals surface area contributed by atoms with Gasteiger partial charge in [0.2, 0.25) is 0 Å². The van der Waals surface area contributed by atoms with Crippen LogP contribution in [0.3, 0.4) is 0 Å². The zero-order valence-electron chi connectivity index (χ0n) is 18.1. The summed E-state index contributed by atoms with van der Waals surface area (Å²) >= 11 is 0. The highest BCUT2D eigenvalue weighted by molar-refractivity contribution is 5.97. The number of carbonyl (C=O) groups is 1. The normalized spacial score (nSPS) is 11.1. The second-order valence-electron chi connectivity index (χ2n) is 7.21. The molecule has 0 fully saturated rings. The molecular formula is C23H30N4O3. The van der Waals surface area contributed by atoms with Crippen molar-refractivity contribution < 1.29 is 14.3 Å². The van der Waals surface area contributed by atoms with Crippen molar-refractivity contribution in [1.82, 2.24) is 19.7 Å². The number of ether oxygens (including phenoxy) is 2. The summed E-state index contributed by atoms with van der Waals surface area (Å²) in [5, 5.41) is 7.32. The lowest BCUT2D eigenvalue weighted by Gasteiger charge is -2.13. The van der Waals surface area contributed by atoms with Crippen molar-refractivity contribution in [3.8, 4) is 5.82 Å². The van der Waals surface area contributed by atoms with Gasteiger partial charge in [0.15, 0.2) is 0 Å². The van der Waals surface area contributed by atoms with E-state index in [1.54, 1.807) is 10.9 Å². The summed E-state index contributed by atoms with van der Waals surface area (Å²) < 4.78 is 14.7. The lowest BCUT2D eigenvalue weighted by molar-refractivity contribution is 0.0453. The smallest absolute Gasteiger partial charge is 0.256 e. The number of nitrogens with zero attached hydrogens (tertiary/aromatic N) is 3. The molecule has 0 unspecified atom stereocenters. The Morgan fingerprint density at radius 3 is 2.50 bits per heavy atom. The van der Waals surface area contributed by atoms with Crippen molar-refractivity contribution in [2.45, 2.75) is 33.9 Å². The van der Waals surface area contributed by atoms with E-state index in [0.29, 0.717) is 38.5 Å². The molecular weight excluding hydrogens is 380 g/mol. The van der Waals surface area contributed by atoms with Gasteiger partial charge < -0.3 is 19.4 Å². The van der Waals surface area contributed by atoms with Crippen LogP contribution >= 0.6 is 0 Å². The van der Waals surface area contributed by atoms with E-state index in [1.165, 1.54) is 0 Å². The number of amides is 1. The molecule has 0 bridgehead atoms. The lowest BCUT2D eigenvalue weighted by atomic mass is 10.1. The van der Waals surface area contributed by atoms with E-state index in [-0.39, 0.29) is 5.91 Å². The molecule has 0 aliphatic rings. The molecule has 2 aromatic heterocycles. The summed E-state index contributed by atoms with van der Waals surface area (Å²) in [5.41, 5.74) is 4.76. The highest BCUT2D eigenvalue weighted by Gasteiger charge is 2.19. The number of aromatic nitrogens is 3. The number of nitrogens with one attached hydrogen (secondary N) is 1. The second kappa shape index (κ2) is 10.2. The molecule has 7 nitrogen and oxygen atoms in total. The average molecular weight is 411 g/mol. The highest BCUT2D eigenvalue weighted by Crippen LogP contribution is 2.20. The quantitative estimate of drug-likeness (QED) is 0.521. The maximum absolute atomic E-state index is 12.9. The minimum Gasteiger partial charge on any atom is -0.379 e. The zero-order valence-corrected chi connectivity index (χ0v) is 18.1. The third-order valence-electron chi connectivity index (χ3n) is 4.92. The third-order valence-corrected chi connectivity index (χ3v) is 4.92. The van der Waals surface area contributed by atoms with Crippen LogP contribution in [0.5, 0.6) is 0 Å². The third kappa shape index (κ3) is 5.17. The van der Waals surface area contributed by atoms with Crippen LogP contribution in [0.25, 0.3) is 5.82 Å². The maximum atomic E-state index is 12.9. The summed E-state index contributed by atoms with van der Waals surface area (Å²) in [7, 11) is 1.85. The largest absolute Gasteiger partial charge is 0.379 e. The first-order valence-electron chi connectivity index (χ1n) is 10.2. The average Bonchev–Trinajstić information content (AvgIpc) is 3.27. The van der Waals surface area contributed by atoms with E-state index >= 15 is 0 Å². The summed E-state index contributed by atoms with van der Waals surface area (Å²) in [5.74, 6) is 0.618. The van der Waals surface area contributed by atoms with Gasteiger partial charge in [0, 0.05) is 31.6 Å². The molecule has 7 heteroatoms. The van der Waals surface area contributed by atoms with Crippen molar-refractivity contribution in [1.29, 1.82) is 0 Å². The van der Waals surface area contributed by atoms with Crippen molar-refractivity contribution in [2.24, 2.45) is 7.05 Å². The zero-order chi connectivity index (χ0) is 21.5. The molecule has 2 heterocycles. The Kier molecular flexibility index (Phi) is 7.43. The van der Waals surface area contributed by atoms with E-state index in [2.05, 4.69) is 10.4 Å². The minimum atomic E-state index is -0.149. The fourth-order valence-electron chi connectivity index (χ4n) is 3.42. The Hall–Kier alpha value is -2.90. The first-order chi connectivity index (χ1) is 14.5. The first-order valence-corrected chi connectivity index (χ1v) is 10.2. The Bertz CT molecular complexity index is 971. The van der Waals surface area contributed by atoms with E-state index in [4.69, 9.17) is 9.47 Å². The van der Waals surface area contributed by atoms with E-state index < -0.39 is 0 Å². The van der Waals surface area contributed by atoms with Crippen LogP contribution in [0.15, 0.2) is 42.6 Å². The van der Waals surface area contributed by atoms with Gasteiger partial charge in [-0.3, -0.25) is 9.48 Å². The summed E-state index contributed by atoms with van der Waals surface area (Å²) in [6, 6.07) is 12.1. The SMILES string of the molecule is CCOCCOCc1cccc(CNC(=O)c2cnn(C)c2-n2c(C)ccc2C)c1. The van der Waals surface area contributed by atoms with Gasteiger partial charge in [-0.2, -0.15) is 5.10 Å². The van der Waals surface area contributed by atoms with Crippen molar-refractivity contribution in [3.05, 3.63) is 70.7 Å². The topological polar surface area (TPSA) is 70.3 Å². The number of aryl methyl sites for hydroxylation is 3. The monoisotopic (exact) mass is 410 g/mol. The molecule has 30 heavy (non-hydrogen) atoms. The predicted octanol–water partition coefficient (Wildman–Crippen LogP) is 3.31. The van der Waals surface area contributed by atoms with Gasteiger partial charge >= 0.3 is 0 Å². The van der Waals surface area contributed by atoms with Crippen LogP contribution in [0.1, 0.15) is 39.8 Å². The fourth-order valence-corrected chi connectivity index (χ4v) is 3.42. The molecule has 0 spiro atoms. The van der Waals surface area contributed by atoms with E-state index in [0.717, 1.165) is 28.3 Å². The fraction of sp³-hybridized carbons (Fsp3) is 0.391. The minimum absolute atomic E-state index is 0.149. The number of rotatable bonds is 10. The molecule has 0 atom stereocenters. The van der Waals surface area contributed by atoms with Crippen LogP contribution in [0, 0.1) is 13.8 Å². The summed E-state index contributed by atoms with van der Waals surface area (Å²) in [4.78, 5) is 12.9. The predicted molar refractivity (Wildman–Crippen MR) is 116 cm³/mol. The van der Waals surface area contributed by atoms with Crippen LogP contribution in [-0.4, -0.2) is 40.1 Å². The Balaban J connectivity index is 1.64. The van der Waals surface area contributed by atoms with Gasteiger partial charge in [-0.05, 0) is 44.0 Å². The van der Waals surface area contributed by atoms with E-state index in [1.807, 2.05) is 68.8 Å². The van der Waals surface area contributed by atoms with Gasteiger partial charge in [0.1, 0.15) is 11.4 Å². The molecule has 0 aliphatic heterocycles. The van der Waals surface area contributed by atoms with Crippen molar-refractivity contribution in [2.75, 3.05) is 19.8 Å². The second-order valence-corrected chi connectivity index (χ2v) is 7.21. The Morgan fingerprint density at radius 2 is 1.77 bits per heavy atom. The van der Waals surface area contributed by atoms with Gasteiger partial charge in [0.25, 0.3) is 5.91 Å². The van der Waals surface area contributed by atoms with E-state index in [9.17, 15) is 4.79 Å². The first kappa shape index (κ1) is 21.8. The Morgan fingerprint density at radius 1 is 1.07 bits per heavy atom. The molecule has 1 aromatic carbocycles. The molecule has 0 saturated heterocycles. The summed E-state index contributed by atoms with van der Waals surface area (Å²) in [6.45, 7) is 8.81. The summed E-state index contributed by atoms with van der Waals surface area (Å²) in [6.07, 6.45) is 1.62. The molecule has 160 valence electrons. The molecule has 0 aliphatic carbocycles. The van der Waals surface area contributed by atoms with Gasteiger partial charge in [-0.25, -0.2) is 0 Å². The van der Waals surface area contributed by atoms with Crippen LogP contribution < -0.4 is 5.32 Å².